The van der Waals surface area contributed by atoms with E-state index >= 15 is 0 Å². The van der Waals surface area contributed by atoms with Crippen molar-refractivity contribution >= 4 is 11.7 Å². The van der Waals surface area contributed by atoms with Crippen molar-refractivity contribution in [2.45, 2.75) is 51.9 Å². The van der Waals surface area contributed by atoms with Gasteiger partial charge in [0.1, 0.15) is 11.5 Å². The quantitative estimate of drug-likeness (QED) is 0.571. The molecule has 1 aromatic heterocycles. The topological polar surface area (TPSA) is 66.9 Å². The number of anilines is 1. The Kier molecular flexibility index (Phi) is 6.87. The summed E-state index contributed by atoms with van der Waals surface area (Å²) in [6.45, 7) is 3.64. The number of carbonyl (C=O) groups excluding carboxylic acids is 1. The maximum absolute atomic E-state index is 11.8. The van der Waals surface area contributed by atoms with Crippen molar-refractivity contribution in [1.29, 1.82) is 0 Å². The van der Waals surface area contributed by atoms with E-state index in [2.05, 4.69) is 33.6 Å². The third-order valence-corrected chi connectivity index (χ3v) is 3.84. The smallest absolute Gasteiger partial charge is 0.271 e. The number of allylic oxidation sites excluding steroid dienone is 1. The van der Waals surface area contributed by atoms with Crippen LogP contribution in [0.5, 0.6) is 0 Å². The van der Waals surface area contributed by atoms with Gasteiger partial charge in [-0.3, -0.25) is 4.79 Å². The summed E-state index contributed by atoms with van der Waals surface area (Å²) in [5, 5.41) is 6.10. The predicted octanol–water partition coefficient (Wildman–Crippen LogP) is 3.31. The van der Waals surface area contributed by atoms with Crippen LogP contribution in [0, 0.1) is 0 Å². The molecule has 5 nitrogen and oxygen atoms in total. The summed E-state index contributed by atoms with van der Waals surface area (Å²) in [6.07, 6.45) is 13.7. The lowest BCUT2D eigenvalue weighted by Gasteiger charge is -2.13. The van der Waals surface area contributed by atoms with Gasteiger partial charge in [0, 0.05) is 13.1 Å². The Balaban J connectivity index is 1.74. The molecule has 0 aromatic carbocycles. The second-order valence-corrected chi connectivity index (χ2v) is 5.68. The van der Waals surface area contributed by atoms with Crippen molar-refractivity contribution in [3.05, 3.63) is 29.7 Å². The number of hydrogen-bond acceptors (Lipinski definition) is 4. The minimum absolute atomic E-state index is 0.153. The van der Waals surface area contributed by atoms with Crippen molar-refractivity contribution in [1.82, 2.24) is 15.3 Å². The Bertz CT molecular complexity index is 496. The normalized spacial score (nSPS) is 14.3. The Labute approximate surface area is 132 Å². The van der Waals surface area contributed by atoms with Gasteiger partial charge in [-0.2, -0.15) is 0 Å². The summed E-state index contributed by atoms with van der Waals surface area (Å²) < 4.78 is 0. The lowest BCUT2D eigenvalue weighted by molar-refractivity contribution is 0.0948. The molecule has 22 heavy (non-hydrogen) atoms. The van der Waals surface area contributed by atoms with Crippen molar-refractivity contribution < 1.29 is 4.79 Å². The van der Waals surface area contributed by atoms with Gasteiger partial charge in [-0.15, -0.1) is 0 Å². The van der Waals surface area contributed by atoms with E-state index in [0.717, 1.165) is 31.6 Å². The molecule has 1 aromatic rings. The molecule has 1 heterocycles. The number of unbranched alkanes of at least 4 members (excludes halogenated alkanes) is 1. The van der Waals surface area contributed by atoms with Gasteiger partial charge in [-0.25, -0.2) is 9.97 Å². The highest BCUT2D eigenvalue weighted by Crippen LogP contribution is 2.19. The fourth-order valence-electron chi connectivity index (χ4n) is 2.49. The number of nitrogens with one attached hydrogen (secondary N) is 2. The van der Waals surface area contributed by atoms with Crippen LogP contribution < -0.4 is 10.6 Å². The van der Waals surface area contributed by atoms with Crippen LogP contribution in [0.1, 0.15) is 62.4 Å². The number of nitrogens with zero attached hydrogens (tertiary/aromatic N) is 2. The van der Waals surface area contributed by atoms with E-state index in [1.807, 2.05) is 0 Å². The Hall–Kier alpha value is -1.91. The molecule has 0 saturated heterocycles. The molecular weight excluding hydrogens is 276 g/mol. The number of carbonyl (C=O) groups is 1. The summed E-state index contributed by atoms with van der Waals surface area (Å²) in [6, 6.07) is 0. The van der Waals surface area contributed by atoms with Crippen LogP contribution in [0.4, 0.5) is 5.82 Å². The number of rotatable bonds is 8. The van der Waals surface area contributed by atoms with Crippen molar-refractivity contribution in [2.24, 2.45) is 0 Å². The van der Waals surface area contributed by atoms with E-state index in [1.54, 1.807) is 11.8 Å². The standard InChI is InChI=1S/C17H26N4O/c1-2-3-10-19-17(22)15-12-21-16(13-20-15)18-11-9-14-7-5-4-6-8-14/h7,12-13H,2-6,8-11H2,1H3,(H,18,21)(H,19,22). The average Bonchev–Trinajstić information content (AvgIpc) is 2.56. The first-order valence-corrected chi connectivity index (χ1v) is 8.31. The summed E-state index contributed by atoms with van der Waals surface area (Å²) in [5.74, 6) is 0.571. The van der Waals surface area contributed by atoms with Crippen molar-refractivity contribution in [2.75, 3.05) is 18.4 Å². The molecular formula is C17H26N4O. The van der Waals surface area contributed by atoms with Crippen molar-refractivity contribution in [3.63, 3.8) is 0 Å². The zero-order valence-electron chi connectivity index (χ0n) is 13.4. The molecule has 1 aliphatic rings. The molecule has 0 atom stereocenters. The van der Waals surface area contributed by atoms with E-state index in [9.17, 15) is 4.79 Å². The van der Waals surface area contributed by atoms with Crippen LogP contribution in [0.2, 0.25) is 0 Å². The highest BCUT2D eigenvalue weighted by atomic mass is 16.1. The average molecular weight is 302 g/mol. The first-order chi connectivity index (χ1) is 10.8. The third kappa shape index (κ3) is 5.47. The van der Waals surface area contributed by atoms with E-state index < -0.39 is 0 Å². The largest absolute Gasteiger partial charge is 0.368 e. The van der Waals surface area contributed by atoms with Gasteiger partial charge in [0.05, 0.1) is 12.4 Å². The van der Waals surface area contributed by atoms with Gasteiger partial charge in [0.15, 0.2) is 0 Å². The van der Waals surface area contributed by atoms with E-state index in [1.165, 1.54) is 31.9 Å². The fraction of sp³-hybridized carbons (Fsp3) is 0.588. The zero-order valence-corrected chi connectivity index (χ0v) is 13.4. The Morgan fingerprint density at radius 1 is 1.23 bits per heavy atom. The van der Waals surface area contributed by atoms with Gasteiger partial charge in [0.25, 0.3) is 5.91 Å². The number of amides is 1. The van der Waals surface area contributed by atoms with Crippen LogP contribution in [0.15, 0.2) is 24.0 Å². The molecule has 0 aliphatic heterocycles. The molecule has 5 heteroatoms. The minimum Gasteiger partial charge on any atom is -0.368 e. The third-order valence-electron chi connectivity index (χ3n) is 3.84. The number of aromatic nitrogens is 2. The molecule has 0 fully saturated rings. The predicted molar refractivity (Wildman–Crippen MR) is 88.9 cm³/mol. The zero-order chi connectivity index (χ0) is 15.6. The van der Waals surface area contributed by atoms with Crippen LogP contribution in [-0.2, 0) is 0 Å². The molecule has 0 spiro atoms. The highest BCUT2D eigenvalue weighted by Gasteiger charge is 2.07. The van der Waals surface area contributed by atoms with Crippen LogP contribution in [0.25, 0.3) is 0 Å². The van der Waals surface area contributed by atoms with Crippen LogP contribution >= 0.6 is 0 Å². The molecule has 1 aliphatic carbocycles. The minimum atomic E-state index is -0.153. The van der Waals surface area contributed by atoms with Gasteiger partial charge in [-0.05, 0) is 38.5 Å². The lowest BCUT2D eigenvalue weighted by Crippen LogP contribution is -2.25. The molecule has 120 valence electrons. The molecule has 1 amide bonds. The number of hydrogen-bond donors (Lipinski definition) is 2. The van der Waals surface area contributed by atoms with Gasteiger partial charge >= 0.3 is 0 Å². The highest BCUT2D eigenvalue weighted by molar-refractivity contribution is 5.91. The second kappa shape index (κ2) is 9.18. The van der Waals surface area contributed by atoms with Crippen LogP contribution in [-0.4, -0.2) is 29.0 Å². The molecule has 0 unspecified atom stereocenters. The van der Waals surface area contributed by atoms with Gasteiger partial charge < -0.3 is 10.6 Å². The summed E-state index contributed by atoms with van der Waals surface area (Å²) in [4.78, 5) is 20.2. The SMILES string of the molecule is CCCCNC(=O)c1cnc(NCCC2=CCCCC2)cn1. The molecule has 2 N–H and O–H groups in total. The van der Waals surface area contributed by atoms with E-state index in [4.69, 9.17) is 0 Å². The first kappa shape index (κ1) is 16.5. The van der Waals surface area contributed by atoms with E-state index in [0.29, 0.717) is 12.2 Å². The van der Waals surface area contributed by atoms with Gasteiger partial charge in [-0.1, -0.05) is 25.0 Å². The summed E-state index contributed by atoms with van der Waals surface area (Å²) >= 11 is 0. The Morgan fingerprint density at radius 3 is 2.82 bits per heavy atom. The molecule has 0 radical (unpaired) electrons. The maximum atomic E-state index is 11.8. The van der Waals surface area contributed by atoms with Gasteiger partial charge in [0.2, 0.25) is 0 Å². The molecule has 0 bridgehead atoms. The first-order valence-electron chi connectivity index (χ1n) is 8.31. The second-order valence-electron chi connectivity index (χ2n) is 5.68. The summed E-state index contributed by atoms with van der Waals surface area (Å²) in [7, 11) is 0. The fourth-order valence-corrected chi connectivity index (χ4v) is 2.49. The maximum Gasteiger partial charge on any atom is 0.271 e. The lowest BCUT2D eigenvalue weighted by atomic mass is 9.97. The van der Waals surface area contributed by atoms with Crippen molar-refractivity contribution in [3.8, 4) is 0 Å². The monoisotopic (exact) mass is 302 g/mol. The van der Waals surface area contributed by atoms with Crippen LogP contribution in [0.3, 0.4) is 0 Å². The summed E-state index contributed by atoms with van der Waals surface area (Å²) in [5.41, 5.74) is 1.91. The Morgan fingerprint density at radius 2 is 2.14 bits per heavy atom. The van der Waals surface area contributed by atoms with E-state index in [-0.39, 0.29) is 5.91 Å². The molecule has 0 saturated carbocycles. The molecule has 2 rings (SSSR count).